The summed E-state index contributed by atoms with van der Waals surface area (Å²) in [4.78, 5) is 33.0. The molecule has 2 heterocycles. The number of fused-ring (bicyclic) bond motifs is 1. The van der Waals surface area contributed by atoms with E-state index in [2.05, 4.69) is 25.2 Å². The van der Waals surface area contributed by atoms with Gasteiger partial charge in [-0.2, -0.15) is 0 Å². The normalized spacial score (nSPS) is 12.7. The molecule has 1 aromatic carbocycles. The molecule has 0 saturated heterocycles. The van der Waals surface area contributed by atoms with E-state index in [0.29, 0.717) is 16.5 Å². The highest BCUT2D eigenvalue weighted by molar-refractivity contribution is 8.00. The van der Waals surface area contributed by atoms with Crippen LogP contribution in [-0.2, 0) is 4.79 Å². The van der Waals surface area contributed by atoms with Crippen LogP contribution in [0.4, 0.5) is 5.69 Å². The molecule has 3 aromatic rings. The van der Waals surface area contributed by atoms with Crippen LogP contribution in [0.2, 0.25) is 0 Å². The molecule has 0 aliphatic heterocycles. The predicted molar refractivity (Wildman–Crippen MR) is 133 cm³/mol. The molecule has 7 heteroatoms. The van der Waals surface area contributed by atoms with Crippen LogP contribution in [0.15, 0.2) is 28.2 Å². The molecule has 31 heavy (non-hydrogen) atoms. The Bertz CT molecular complexity index is 1190. The Morgan fingerprint density at radius 2 is 1.81 bits per heavy atom. The van der Waals surface area contributed by atoms with Gasteiger partial charge in [0, 0.05) is 16.6 Å². The zero-order chi connectivity index (χ0) is 23.0. The number of thioether (sulfide) groups is 1. The van der Waals surface area contributed by atoms with Crippen LogP contribution >= 0.6 is 23.1 Å². The van der Waals surface area contributed by atoms with E-state index in [1.165, 1.54) is 23.1 Å². The maximum atomic E-state index is 13.2. The lowest BCUT2D eigenvalue weighted by molar-refractivity contribution is -0.115. The summed E-state index contributed by atoms with van der Waals surface area (Å²) in [6.07, 6.45) is 0. The van der Waals surface area contributed by atoms with Crippen LogP contribution in [0, 0.1) is 20.8 Å². The van der Waals surface area contributed by atoms with E-state index in [9.17, 15) is 9.59 Å². The first-order chi connectivity index (χ1) is 14.5. The van der Waals surface area contributed by atoms with Crippen LogP contribution in [0.5, 0.6) is 0 Å². The molecule has 0 fully saturated rings. The van der Waals surface area contributed by atoms with Crippen LogP contribution in [0.1, 0.15) is 68.1 Å². The molecule has 2 aromatic heterocycles. The highest BCUT2D eigenvalue weighted by atomic mass is 32.2. The molecule has 0 spiro atoms. The van der Waals surface area contributed by atoms with E-state index in [-0.39, 0.29) is 17.5 Å². The standard InChI is InChI=1S/C24H31N3O2S2/c1-12(2)18-11-9-10-14(5)20(18)25-21(28)17(8)31-24-26-22-19(15(6)16(7)30-22)23(29)27(24)13(3)4/h9-13,17H,1-8H3,(H,25,28). The predicted octanol–water partition coefficient (Wildman–Crippen LogP) is 6.21. The van der Waals surface area contributed by atoms with Crippen molar-refractivity contribution in [2.75, 3.05) is 5.32 Å². The summed E-state index contributed by atoms with van der Waals surface area (Å²) in [5, 5.41) is 4.00. The minimum Gasteiger partial charge on any atom is -0.325 e. The third kappa shape index (κ3) is 4.58. The molecule has 1 atom stereocenters. The maximum absolute atomic E-state index is 13.2. The topological polar surface area (TPSA) is 64.0 Å². The van der Waals surface area contributed by atoms with Crippen molar-refractivity contribution < 1.29 is 4.79 Å². The van der Waals surface area contributed by atoms with Gasteiger partial charge in [0.1, 0.15) is 4.83 Å². The van der Waals surface area contributed by atoms with Gasteiger partial charge in [0.05, 0.1) is 10.6 Å². The van der Waals surface area contributed by atoms with Crippen LogP contribution in [0.25, 0.3) is 10.2 Å². The number of amides is 1. The number of nitrogens with one attached hydrogen (secondary N) is 1. The third-order valence-electron chi connectivity index (χ3n) is 5.55. The monoisotopic (exact) mass is 457 g/mol. The molecular weight excluding hydrogens is 426 g/mol. The highest BCUT2D eigenvalue weighted by Crippen LogP contribution is 2.32. The fourth-order valence-corrected chi connectivity index (χ4v) is 5.72. The first-order valence-electron chi connectivity index (χ1n) is 10.6. The van der Waals surface area contributed by atoms with Gasteiger partial charge in [-0.3, -0.25) is 14.2 Å². The van der Waals surface area contributed by atoms with Crippen molar-refractivity contribution in [1.29, 1.82) is 0 Å². The highest BCUT2D eigenvalue weighted by Gasteiger charge is 2.23. The molecule has 1 unspecified atom stereocenters. The molecule has 3 rings (SSSR count). The zero-order valence-corrected chi connectivity index (χ0v) is 21.1. The van der Waals surface area contributed by atoms with Crippen molar-refractivity contribution in [1.82, 2.24) is 9.55 Å². The van der Waals surface area contributed by atoms with Crippen LogP contribution in [0.3, 0.4) is 0 Å². The first kappa shape index (κ1) is 23.5. The second kappa shape index (κ2) is 9.17. The number of rotatable bonds is 6. The van der Waals surface area contributed by atoms with Gasteiger partial charge >= 0.3 is 0 Å². The van der Waals surface area contributed by atoms with Crippen molar-refractivity contribution in [2.45, 2.75) is 77.8 Å². The molecule has 0 aliphatic rings. The molecule has 166 valence electrons. The Labute approximate surface area is 192 Å². The van der Waals surface area contributed by atoms with Crippen molar-refractivity contribution in [3.63, 3.8) is 0 Å². The van der Waals surface area contributed by atoms with Gasteiger partial charge in [0.2, 0.25) is 5.91 Å². The number of aromatic nitrogens is 2. The van der Waals surface area contributed by atoms with E-state index in [4.69, 9.17) is 4.98 Å². The van der Waals surface area contributed by atoms with Gasteiger partial charge in [-0.25, -0.2) is 4.98 Å². The minimum absolute atomic E-state index is 0.0297. The second-order valence-corrected chi connectivity index (χ2v) is 11.1. The van der Waals surface area contributed by atoms with Crippen molar-refractivity contribution in [3.8, 4) is 0 Å². The summed E-state index contributed by atoms with van der Waals surface area (Å²) in [7, 11) is 0. The average Bonchev–Trinajstić information content (AvgIpc) is 2.96. The van der Waals surface area contributed by atoms with Gasteiger partial charge in [-0.15, -0.1) is 11.3 Å². The molecule has 0 bridgehead atoms. The Kier molecular flexibility index (Phi) is 6.96. The maximum Gasteiger partial charge on any atom is 0.263 e. The fourth-order valence-electron chi connectivity index (χ4n) is 3.60. The summed E-state index contributed by atoms with van der Waals surface area (Å²) < 4.78 is 1.71. The van der Waals surface area contributed by atoms with E-state index in [1.807, 2.05) is 53.7 Å². The lowest BCUT2D eigenvalue weighted by Crippen LogP contribution is -2.28. The smallest absolute Gasteiger partial charge is 0.263 e. The quantitative estimate of drug-likeness (QED) is 0.353. The molecular formula is C24H31N3O2S2. The lowest BCUT2D eigenvalue weighted by Gasteiger charge is -2.20. The third-order valence-corrected chi connectivity index (χ3v) is 7.71. The number of carbonyl (C=O) groups is 1. The van der Waals surface area contributed by atoms with Gasteiger partial charge in [0.15, 0.2) is 5.16 Å². The van der Waals surface area contributed by atoms with Gasteiger partial charge in [-0.1, -0.05) is 43.8 Å². The Hall–Kier alpha value is -2.12. The van der Waals surface area contributed by atoms with E-state index < -0.39 is 5.25 Å². The number of thiophene rings is 1. The zero-order valence-electron chi connectivity index (χ0n) is 19.5. The summed E-state index contributed by atoms with van der Waals surface area (Å²) in [5.74, 6) is 0.211. The van der Waals surface area contributed by atoms with E-state index in [1.54, 1.807) is 4.57 Å². The number of hydrogen-bond donors (Lipinski definition) is 1. The number of hydrogen-bond acceptors (Lipinski definition) is 5. The van der Waals surface area contributed by atoms with E-state index >= 15 is 0 Å². The molecule has 0 aliphatic carbocycles. The van der Waals surface area contributed by atoms with Crippen molar-refractivity contribution >= 4 is 44.9 Å². The summed E-state index contributed by atoms with van der Waals surface area (Å²) in [6, 6.07) is 6.03. The van der Waals surface area contributed by atoms with E-state index in [0.717, 1.165) is 32.1 Å². The minimum atomic E-state index is -0.406. The number of para-hydroxylation sites is 1. The molecule has 5 nitrogen and oxygen atoms in total. The van der Waals surface area contributed by atoms with Crippen LogP contribution in [-0.4, -0.2) is 20.7 Å². The molecule has 1 N–H and O–H groups in total. The number of carbonyl (C=O) groups excluding carboxylic acids is 1. The summed E-state index contributed by atoms with van der Waals surface area (Å²) in [5.41, 5.74) is 4.01. The fraction of sp³-hybridized carbons (Fsp3) is 0.458. The van der Waals surface area contributed by atoms with Crippen molar-refractivity contribution in [3.05, 3.63) is 50.1 Å². The average molecular weight is 458 g/mol. The van der Waals surface area contributed by atoms with Crippen molar-refractivity contribution in [2.24, 2.45) is 0 Å². The second-order valence-electron chi connectivity index (χ2n) is 8.57. The summed E-state index contributed by atoms with van der Waals surface area (Å²) in [6.45, 7) is 16.0. The Balaban J connectivity index is 1.95. The number of anilines is 1. The SMILES string of the molecule is Cc1cccc(C(C)C)c1NC(=O)C(C)Sc1nc2sc(C)c(C)c2c(=O)n1C(C)C. The summed E-state index contributed by atoms with van der Waals surface area (Å²) >= 11 is 2.87. The number of nitrogens with zero attached hydrogens (tertiary/aromatic N) is 2. The Morgan fingerprint density at radius 1 is 1.13 bits per heavy atom. The number of aryl methyl sites for hydroxylation is 3. The van der Waals surface area contributed by atoms with Gasteiger partial charge in [0.25, 0.3) is 5.56 Å². The lowest BCUT2D eigenvalue weighted by atomic mass is 9.98. The molecule has 0 radical (unpaired) electrons. The van der Waals surface area contributed by atoms with Gasteiger partial charge in [-0.05, 0) is 64.2 Å². The molecule has 0 saturated carbocycles. The first-order valence-corrected chi connectivity index (χ1v) is 12.3. The number of benzene rings is 1. The largest absolute Gasteiger partial charge is 0.325 e. The van der Waals surface area contributed by atoms with Crippen LogP contribution < -0.4 is 10.9 Å². The molecule has 1 amide bonds. The Morgan fingerprint density at radius 3 is 2.42 bits per heavy atom. The van der Waals surface area contributed by atoms with Gasteiger partial charge < -0.3 is 5.32 Å².